The minimum atomic E-state index is -0.494. The zero-order valence-electron chi connectivity index (χ0n) is 14.4. The van der Waals surface area contributed by atoms with Gasteiger partial charge in [0, 0.05) is 11.8 Å². The van der Waals surface area contributed by atoms with Crippen LogP contribution in [0.25, 0.3) is 0 Å². The van der Waals surface area contributed by atoms with E-state index in [0.717, 1.165) is 11.8 Å². The van der Waals surface area contributed by atoms with Gasteiger partial charge in [-0.2, -0.15) is 0 Å². The molecule has 138 valence electrons. The Bertz CT molecular complexity index is 853. The first-order valence-corrected chi connectivity index (χ1v) is 8.92. The van der Waals surface area contributed by atoms with Crippen LogP contribution < -0.4 is 16.6 Å². The highest BCUT2D eigenvalue weighted by Gasteiger charge is 2.20. The van der Waals surface area contributed by atoms with Crippen LogP contribution >= 0.6 is 11.8 Å². The summed E-state index contributed by atoms with van der Waals surface area (Å²) < 4.78 is 4.95. The Morgan fingerprint density at radius 2 is 2.12 bits per heavy atom. The maximum absolute atomic E-state index is 12.5. The van der Waals surface area contributed by atoms with Gasteiger partial charge in [-0.05, 0) is 31.5 Å². The van der Waals surface area contributed by atoms with Crippen LogP contribution in [0.3, 0.4) is 0 Å². The smallest absolute Gasteiger partial charge is 0.338 e. The average molecular weight is 376 g/mol. The molecule has 0 radical (unpaired) electrons. The van der Waals surface area contributed by atoms with Crippen molar-refractivity contribution in [1.82, 2.24) is 9.97 Å². The zero-order valence-corrected chi connectivity index (χ0v) is 15.3. The molecule has 0 aliphatic rings. The molecule has 8 nitrogen and oxygen atoms in total. The van der Waals surface area contributed by atoms with Crippen LogP contribution in [0.1, 0.15) is 30.6 Å². The fourth-order valence-electron chi connectivity index (χ4n) is 2.13. The molecule has 1 aromatic heterocycles. The Balaban J connectivity index is 2.10. The van der Waals surface area contributed by atoms with Gasteiger partial charge in [0.1, 0.15) is 5.82 Å². The van der Waals surface area contributed by atoms with Gasteiger partial charge in [0.25, 0.3) is 5.56 Å². The quantitative estimate of drug-likeness (QED) is 0.383. The third-order valence-electron chi connectivity index (χ3n) is 3.30. The molecule has 0 saturated carbocycles. The summed E-state index contributed by atoms with van der Waals surface area (Å²) in [6.45, 7) is 3.84. The van der Waals surface area contributed by atoms with Gasteiger partial charge in [0.15, 0.2) is 5.16 Å². The molecule has 2 rings (SSSR count). The summed E-state index contributed by atoms with van der Waals surface area (Å²) in [5.41, 5.74) is 6.01. The van der Waals surface area contributed by atoms with E-state index in [-0.39, 0.29) is 29.0 Å². The normalized spacial score (nSPS) is 11.6. The van der Waals surface area contributed by atoms with Gasteiger partial charge < -0.3 is 20.8 Å². The second kappa shape index (κ2) is 9.04. The number of aromatic amines is 1. The molecule has 0 saturated heterocycles. The lowest BCUT2D eigenvalue weighted by Gasteiger charge is -2.14. The third kappa shape index (κ3) is 5.35. The van der Waals surface area contributed by atoms with Crippen molar-refractivity contribution in [2.24, 2.45) is 0 Å². The molecule has 1 heterocycles. The molecule has 2 aromatic rings. The first-order chi connectivity index (χ1) is 12.4. The number of hydrogen-bond acceptors (Lipinski definition) is 7. The van der Waals surface area contributed by atoms with E-state index in [0.29, 0.717) is 17.7 Å². The Hall–Kier alpha value is -2.81. The minimum Gasteiger partial charge on any atom is -0.462 e. The second-order valence-electron chi connectivity index (χ2n) is 5.28. The SMILES string of the molecule is CCOC(=O)c1cccc(NC(=O)C(CC)Sc2nc(N)cc(=O)[nH]2)c1. The Labute approximate surface area is 154 Å². The van der Waals surface area contributed by atoms with Crippen molar-refractivity contribution < 1.29 is 14.3 Å². The second-order valence-corrected chi connectivity index (χ2v) is 6.47. The summed E-state index contributed by atoms with van der Waals surface area (Å²) in [5, 5.41) is 2.54. The molecule has 26 heavy (non-hydrogen) atoms. The molecular formula is C17H20N4O4S. The standard InChI is InChI=1S/C17H20N4O4S/c1-3-12(26-17-20-13(18)9-14(22)21-17)15(23)19-11-7-5-6-10(8-11)16(24)25-4-2/h5-9,12H,3-4H2,1-2H3,(H,19,23)(H3,18,20,21,22). The largest absolute Gasteiger partial charge is 0.462 e. The molecule has 0 aliphatic carbocycles. The number of rotatable bonds is 7. The molecule has 0 aliphatic heterocycles. The number of nitrogen functional groups attached to an aromatic ring is 1. The topological polar surface area (TPSA) is 127 Å². The molecule has 4 N–H and O–H groups in total. The molecule has 0 spiro atoms. The van der Waals surface area contributed by atoms with Crippen LogP contribution in [0.15, 0.2) is 40.3 Å². The van der Waals surface area contributed by atoms with E-state index in [4.69, 9.17) is 10.5 Å². The summed E-state index contributed by atoms with van der Waals surface area (Å²) in [6.07, 6.45) is 0.507. The molecule has 9 heteroatoms. The van der Waals surface area contributed by atoms with Gasteiger partial charge >= 0.3 is 5.97 Å². The van der Waals surface area contributed by atoms with E-state index in [9.17, 15) is 14.4 Å². The number of nitrogens with one attached hydrogen (secondary N) is 2. The van der Waals surface area contributed by atoms with Crippen LogP contribution in [0.5, 0.6) is 0 Å². The molecule has 0 bridgehead atoms. The van der Waals surface area contributed by atoms with Crippen LogP contribution in [-0.2, 0) is 9.53 Å². The highest BCUT2D eigenvalue weighted by Crippen LogP contribution is 2.23. The fourth-order valence-corrected chi connectivity index (χ4v) is 3.05. The number of nitrogens with two attached hydrogens (primary N) is 1. The van der Waals surface area contributed by atoms with E-state index in [1.54, 1.807) is 31.2 Å². The number of H-pyrrole nitrogens is 1. The van der Waals surface area contributed by atoms with Crippen LogP contribution in [0, 0.1) is 0 Å². The van der Waals surface area contributed by atoms with Crippen molar-refractivity contribution in [3.8, 4) is 0 Å². The predicted molar refractivity (Wildman–Crippen MR) is 100 cm³/mol. The average Bonchev–Trinajstić information content (AvgIpc) is 2.59. The molecule has 1 unspecified atom stereocenters. The van der Waals surface area contributed by atoms with E-state index < -0.39 is 11.2 Å². The number of benzene rings is 1. The first-order valence-electron chi connectivity index (χ1n) is 8.04. The van der Waals surface area contributed by atoms with Gasteiger partial charge in [-0.25, -0.2) is 9.78 Å². The number of carbonyl (C=O) groups is 2. The number of anilines is 2. The summed E-state index contributed by atoms with van der Waals surface area (Å²) in [6, 6.07) is 7.67. The molecule has 1 amide bonds. The van der Waals surface area contributed by atoms with Crippen molar-refractivity contribution in [3.63, 3.8) is 0 Å². The molecule has 1 aromatic carbocycles. The maximum Gasteiger partial charge on any atom is 0.338 e. The predicted octanol–water partition coefficient (Wildman–Crippen LogP) is 2.04. The monoisotopic (exact) mass is 376 g/mol. The highest BCUT2D eigenvalue weighted by atomic mass is 32.2. The lowest BCUT2D eigenvalue weighted by atomic mass is 10.2. The van der Waals surface area contributed by atoms with E-state index in [1.165, 1.54) is 6.07 Å². The molecule has 0 fully saturated rings. The van der Waals surface area contributed by atoms with E-state index in [1.807, 2.05) is 6.92 Å². The van der Waals surface area contributed by atoms with Crippen molar-refractivity contribution in [2.75, 3.05) is 17.7 Å². The molecule has 1 atom stereocenters. The number of amides is 1. The number of carbonyl (C=O) groups excluding carboxylic acids is 2. The third-order valence-corrected chi connectivity index (χ3v) is 4.55. The summed E-state index contributed by atoms with van der Waals surface area (Å²) >= 11 is 1.11. The number of thioether (sulfide) groups is 1. The number of esters is 1. The summed E-state index contributed by atoms with van der Waals surface area (Å²) in [7, 11) is 0. The van der Waals surface area contributed by atoms with Gasteiger partial charge in [-0.1, -0.05) is 24.8 Å². The van der Waals surface area contributed by atoms with Crippen molar-refractivity contribution in [2.45, 2.75) is 30.7 Å². The Morgan fingerprint density at radius 3 is 2.77 bits per heavy atom. The zero-order chi connectivity index (χ0) is 19.1. The first kappa shape index (κ1) is 19.5. The van der Waals surface area contributed by atoms with Crippen molar-refractivity contribution >= 4 is 35.1 Å². The number of hydrogen-bond donors (Lipinski definition) is 3. The molecular weight excluding hydrogens is 356 g/mol. The van der Waals surface area contributed by atoms with Crippen LogP contribution in [0.2, 0.25) is 0 Å². The van der Waals surface area contributed by atoms with Crippen molar-refractivity contribution in [1.29, 1.82) is 0 Å². The van der Waals surface area contributed by atoms with Crippen LogP contribution in [0.4, 0.5) is 11.5 Å². The fraction of sp³-hybridized carbons (Fsp3) is 0.294. The van der Waals surface area contributed by atoms with Crippen LogP contribution in [-0.4, -0.2) is 33.7 Å². The minimum absolute atomic E-state index is 0.0913. The van der Waals surface area contributed by atoms with Gasteiger partial charge in [-0.15, -0.1) is 0 Å². The number of nitrogens with zero attached hydrogens (tertiary/aromatic N) is 1. The lowest BCUT2D eigenvalue weighted by molar-refractivity contribution is -0.115. The summed E-state index contributed by atoms with van der Waals surface area (Å²) in [5.74, 6) is -0.635. The van der Waals surface area contributed by atoms with Gasteiger partial charge in [0.2, 0.25) is 5.91 Å². The Kier molecular flexibility index (Phi) is 6.79. The summed E-state index contributed by atoms with van der Waals surface area (Å²) in [4.78, 5) is 42.3. The van der Waals surface area contributed by atoms with Gasteiger partial charge in [-0.3, -0.25) is 9.59 Å². The van der Waals surface area contributed by atoms with E-state index >= 15 is 0 Å². The highest BCUT2D eigenvalue weighted by molar-refractivity contribution is 8.00. The number of ether oxygens (including phenoxy) is 1. The van der Waals surface area contributed by atoms with E-state index in [2.05, 4.69) is 15.3 Å². The maximum atomic E-state index is 12.5. The van der Waals surface area contributed by atoms with Gasteiger partial charge in [0.05, 0.1) is 17.4 Å². The number of aromatic nitrogens is 2. The lowest BCUT2D eigenvalue weighted by Crippen LogP contribution is -2.25. The Morgan fingerprint density at radius 1 is 1.35 bits per heavy atom. The van der Waals surface area contributed by atoms with Crippen molar-refractivity contribution in [3.05, 3.63) is 46.2 Å².